The van der Waals surface area contributed by atoms with E-state index < -0.39 is 0 Å². The molecule has 1 aliphatic heterocycles. The number of hydrogen-bond acceptors (Lipinski definition) is 4. The van der Waals surface area contributed by atoms with Crippen LogP contribution in [0.3, 0.4) is 0 Å². The Morgan fingerprint density at radius 3 is 2.80 bits per heavy atom. The predicted molar refractivity (Wildman–Crippen MR) is 97.2 cm³/mol. The summed E-state index contributed by atoms with van der Waals surface area (Å²) in [5.41, 5.74) is 0.606. The number of pyridine rings is 1. The van der Waals surface area contributed by atoms with Crippen LogP contribution in [0.5, 0.6) is 0 Å². The molecule has 2 aromatic rings. The monoisotopic (exact) mass is 405 g/mol. The summed E-state index contributed by atoms with van der Waals surface area (Å²) >= 11 is 3.34. The van der Waals surface area contributed by atoms with E-state index >= 15 is 0 Å². The second-order valence-electron chi connectivity index (χ2n) is 6.59. The van der Waals surface area contributed by atoms with Gasteiger partial charge in [0.2, 0.25) is 11.8 Å². The number of nitrogens with zero attached hydrogens (tertiary/aromatic N) is 4. The van der Waals surface area contributed by atoms with Crippen LogP contribution in [-0.4, -0.2) is 44.6 Å². The van der Waals surface area contributed by atoms with E-state index in [1.54, 1.807) is 40.3 Å². The summed E-state index contributed by atoms with van der Waals surface area (Å²) in [5, 5.41) is 7.00. The van der Waals surface area contributed by atoms with Crippen LogP contribution in [0.1, 0.15) is 20.3 Å². The predicted octanol–water partition coefficient (Wildman–Crippen LogP) is 2.47. The maximum absolute atomic E-state index is 12.4. The first-order valence-corrected chi connectivity index (χ1v) is 8.97. The van der Waals surface area contributed by atoms with Crippen molar-refractivity contribution in [3.63, 3.8) is 0 Å². The van der Waals surface area contributed by atoms with Crippen molar-refractivity contribution in [1.82, 2.24) is 19.7 Å². The van der Waals surface area contributed by atoms with Crippen molar-refractivity contribution < 1.29 is 9.59 Å². The molecule has 1 saturated heterocycles. The Labute approximate surface area is 154 Å². The van der Waals surface area contributed by atoms with E-state index in [-0.39, 0.29) is 24.2 Å². The zero-order chi connectivity index (χ0) is 18.0. The molecule has 1 N–H and O–H groups in total. The smallest absolute Gasteiger partial charge is 0.229 e. The molecule has 1 fully saturated rings. The highest BCUT2D eigenvalue weighted by atomic mass is 79.9. The van der Waals surface area contributed by atoms with Gasteiger partial charge in [0.05, 0.1) is 28.5 Å². The highest BCUT2D eigenvalue weighted by Crippen LogP contribution is 2.21. The van der Waals surface area contributed by atoms with Crippen molar-refractivity contribution in [1.29, 1.82) is 0 Å². The van der Waals surface area contributed by atoms with Crippen LogP contribution in [0.2, 0.25) is 0 Å². The Kier molecular flexibility index (Phi) is 5.17. The molecule has 1 aliphatic rings. The van der Waals surface area contributed by atoms with Crippen LogP contribution in [0.4, 0.5) is 5.69 Å². The van der Waals surface area contributed by atoms with Crippen LogP contribution in [-0.2, 0) is 9.59 Å². The molecule has 2 amide bonds. The zero-order valence-corrected chi connectivity index (χ0v) is 15.7. The molecular weight excluding hydrogens is 386 g/mol. The summed E-state index contributed by atoms with van der Waals surface area (Å²) in [6, 6.07) is 3.55. The highest BCUT2D eigenvalue weighted by Gasteiger charge is 2.34. The Morgan fingerprint density at radius 1 is 1.40 bits per heavy atom. The van der Waals surface area contributed by atoms with E-state index in [0.29, 0.717) is 30.5 Å². The Bertz CT molecular complexity index is 772. The van der Waals surface area contributed by atoms with Gasteiger partial charge in [0.25, 0.3) is 0 Å². The molecule has 0 bridgehead atoms. The maximum Gasteiger partial charge on any atom is 0.229 e. The van der Waals surface area contributed by atoms with Gasteiger partial charge in [-0.3, -0.25) is 9.59 Å². The van der Waals surface area contributed by atoms with Gasteiger partial charge in [-0.15, -0.1) is 0 Å². The quantitative estimate of drug-likeness (QED) is 0.828. The summed E-state index contributed by atoms with van der Waals surface area (Å²) < 4.78 is 2.50. The minimum Gasteiger partial charge on any atom is -0.342 e. The fourth-order valence-electron chi connectivity index (χ4n) is 2.83. The van der Waals surface area contributed by atoms with Gasteiger partial charge < -0.3 is 10.2 Å². The van der Waals surface area contributed by atoms with Crippen molar-refractivity contribution >= 4 is 33.4 Å². The molecule has 0 aliphatic carbocycles. The normalized spacial score (nSPS) is 17.4. The Balaban J connectivity index is 1.61. The van der Waals surface area contributed by atoms with Gasteiger partial charge >= 0.3 is 0 Å². The lowest BCUT2D eigenvalue weighted by atomic mass is 10.1. The number of carbonyl (C=O) groups is 2. The molecule has 3 rings (SSSR count). The molecular formula is C17H20BrN5O2. The lowest BCUT2D eigenvalue weighted by Crippen LogP contribution is -2.31. The van der Waals surface area contributed by atoms with E-state index in [1.165, 1.54) is 0 Å². The minimum atomic E-state index is -0.312. The molecule has 8 heteroatoms. The molecule has 0 aromatic carbocycles. The largest absolute Gasteiger partial charge is 0.342 e. The number of likely N-dealkylation sites (tertiary alicyclic amines) is 1. The van der Waals surface area contributed by atoms with Gasteiger partial charge in [-0.25, -0.2) is 9.67 Å². The number of hydrogen-bond donors (Lipinski definition) is 1. The fraction of sp³-hybridized carbons (Fsp3) is 0.412. The van der Waals surface area contributed by atoms with Crippen molar-refractivity contribution in [2.45, 2.75) is 20.3 Å². The van der Waals surface area contributed by atoms with Gasteiger partial charge in [-0.1, -0.05) is 13.8 Å². The van der Waals surface area contributed by atoms with Crippen LogP contribution < -0.4 is 5.32 Å². The van der Waals surface area contributed by atoms with E-state index in [1.807, 2.05) is 0 Å². The second kappa shape index (κ2) is 7.35. The van der Waals surface area contributed by atoms with Crippen LogP contribution in [0, 0.1) is 11.8 Å². The zero-order valence-electron chi connectivity index (χ0n) is 14.1. The van der Waals surface area contributed by atoms with Crippen molar-refractivity contribution in [2.24, 2.45) is 11.8 Å². The first-order valence-electron chi connectivity index (χ1n) is 8.17. The standard InChI is InChI=1S/C17H20BrN5O2/c1-11(2)8-22-9-12(5-16(22)24)17(25)21-14-3-4-15(19-7-14)23-10-13(18)6-20-23/h3-4,6-7,10-12H,5,8-9H2,1-2H3,(H,21,25)/t12-/m1/s1. The summed E-state index contributed by atoms with van der Waals surface area (Å²) in [6.45, 7) is 5.30. The molecule has 132 valence electrons. The number of rotatable bonds is 5. The molecule has 0 unspecified atom stereocenters. The molecule has 0 saturated carbocycles. The van der Waals surface area contributed by atoms with Gasteiger partial charge in [0.1, 0.15) is 0 Å². The first-order chi connectivity index (χ1) is 11.9. The molecule has 7 nitrogen and oxygen atoms in total. The average Bonchev–Trinajstić information content (AvgIpc) is 3.14. The number of aromatic nitrogens is 3. The number of anilines is 1. The number of amides is 2. The molecule has 0 radical (unpaired) electrons. The van der Waals surface area contributed by atoms with Gasteiger partial charge in [-0.2, -0.15) is 5.10 Å². The Hall–Kier alpha value is -2.22. The maximum atomic E-state index is 12.4. The summed E-state index contributed by atoms with van der Waals surface area (Å²) in [6.07, 6.45) is 5.34. The third kappa shape index (κ3) is 4.25. The van der Waals surface area contributed by atoms with E-state index in [2.05, 4.69) is 45.2 Å². The van der Waals surface area contributed by atoms with Gasteiger partial charge in [0, 0.05) is 25.7 Å². The van der Waals surface area contributed by atoms with Crippen molar-refractivity contribution in [2.75, 3.05) is 18.4 Å². The third-order valence-electron chi connectivity index (χ3n) is 3.97. The highest BCUT2D eigenvalue weighted by molar-refractivity contribution is 9.10. The van der Waals surface area contributed by atoms with E-state index in [9.17, 15) is 9.59 Å². The molecule has 1 atom stereocenters. The molecule has 3 heterocycles. The van der Waals surface area contributed by atoms with Crippen molar-refractivity contribution in [3.8, 4) is 5.82 Å². The van der Waals surface area contributed by atoms with Crippen LogP contribution in [0.25, 0.3) is 5.82 Å². The van der Waals surface area contributed by atoms with Crippen molar-refractivity contribution in [3.05, 3.63) is 35.2 Å². The van der Waals surface area contributed by atoms with Crippen LogP contribution in [0.15, 0.2) is 35.2 Å². The summed E-state index contributed by atoms with van der Waals surface area (Å²) in [5.74, 6) is 0.642. The van der Waals surface area contributed by atoms with Gasteiger partial charge in [0.15, 0.2) is 5.82 Å². The SMILES string of the molecule is CC(C)CN1C[C@H](C(=O)Nc2ccc(-n3cc(Br)cn3)nc2)CC1=O. The number of halogens is 1. The summed E-state index contributed by atoms with van der Waals surface area (Å²) in [4.78, 5) is 30.5. The lowest BCUT2D eigenvalue weighted by molar-refractivity contribution is -0.128. The average molecular weight is 406 g/mol. The topological polar surface area (TPSA) is 80.1 Å². The Morgan fingerprint density at radius 2 is 2.20 bits per heavy atom. The fourth-order valence-corrected chi connectivity index (χ4v) is 3.12. The molecule has 0 spiro atoms. The van der Waals surface area contributed by atoms with Gasteiger partial charge in [-0.05, 0) is 34.0 Å². The second-order valence-corrected chi connectivity index (χ2v) is 7.51. The number of nitrogens with one attached hydrogen (secondary N) is 1. The van der Waals surface area contributed by atoms with E-state index in [4.69, 9.17) is 0 Å². The molecule has 25 heavy (non-hydrogen) atoms. The first kappa shape index (κ1) is 17.6. The number of carbonyl (C=O) groups excluding carboxylic acids is 2. The minimum absolute atomic E-state index is 0.0478. The third-order valence-corrected chi connectivity index (χ3v) is 4.38. The van der Waals surface area contributed by atoms with Crippen LogP contribution >= 0.6 is 15.9 Å². The molecule has 2 aromatic heterocycles. The van der Waals surface area contributed by atoms with E-state index in [0.717, 1.165) is 4.47 Å². The summed E-state index contributed by atoms with van der Waals surface area (Å²) in [7, 11) is 0. The lowest BCUT2D eigenvalue weighted by Gasteiger charge is -2.18.